The van der Waals surface area contributed by atoms with Crippen LogP contribution >= 0.6 is 0 Å². The van der Waals surface area contributed by atoms with Crippen molar-refractivity contribution in [2.75, 3.05) is 5.73 Å². The van der Waals surface area contributed by atoms with Crippen molar-refractivity contribution < 1.29 is 4.42 Å². The van der Waals surface area contributed by atoms with Crippen molar-refractivity contribution in [3.8, 4) is 0 Å². The van der Waals surface area contributed by atoms with Gasteiger partial charge < -0.3 is 10.2 Å². The average Bonchev–Trinajstić information content (AvgIpc) is 2.83. The molecule has 0 aliphatic carbocycles. The lowest BCUT2D eigenvalue weighted by Gasteiger charge is -2.10. The van der Waals surface area contributed by atoms with Crippen molar-refractivity contribution in [3.05, 3.63) is 60.0 Å². The Balaban J connectivity index is 2.07. The zero-order chi connectivity index (χ0) is 13.2. The lowest BCUT2D eigenvalue weighted by atomic mass is 9.97. The largest absolute Gasteiger partial charge is 0.440 e. The van der Waals surface area contributed by atoms with Crippen LogP contribution in [0.3, 0.4) is 0 Å². The number of nitrogen functional groups attached to an aromatic ring is 1. The highest BCUT2D eigenvalue weighted by molar-refractivity contribution is 5.76. The summed E-state index contributed by atoms with van der Waals surface area (Å²) in [5.41, 5.74) is 9.32. The Morgan fingerprint density at radius 3 is 2.68 bits per heavy atom. The van der Waals surface area contributed by atoms with Crippen LogP contribution in [0.4, 0.5) is 5.69 Å². The first-order valence-corrected chi connectivity index (χ1v) is 6.49. The van der Waals surface area contributed by atoms with Crippen LogP contribution in [0.15, 0.2) is 52.9 Å². The van der Waals surface area contributed by atoms with E-state index in [0.29, 0.717) is 5.69 Å². The Bertz CT molecular complexity index is 688. The molecule has 2 aromatic carbocycles. The number of anilines is 1. The molecule has 1 atom stereocenters. The number of nitrogens with zero attached hydrogens (tertiary/aromatic N) is 1. The third kappa shape index (κ3) is 2.19. The minimum Gasteiger partial charge on any atom is -0.440 e. The molecular weight excluding hydrogens is 236 g/mol. The van der Waals surface area contributed by atoms with Crippen LogP contribution in [-0.2, 0) is 0 Å². The molecule has 3 aromatic rings. The molecule has 0 saturated heterocycles. The predicted octanol–water partition coefficient (Wildman–Crippen LogP) is 3.95. The molecule has 19 heavy (non-hydrogen) atoms. The number of oxazole rings is 1. The molecule has 96 valence electrons. The molecule has 2 N–H and O–H groups in total. The fraction of sp³-hybridized carbons (Fsp3) is 0.188. The zero-order valence-electron chi connectivity index (χ0n) is 10.8. The fourth-order valence-electron chi connectivity index (χ4n) is 2.35. The van der Waals surface area contributed by atoms with Gasteiger partial charge in [0, 0.05) is 5.69 Å². The van der Waals surface area contributed by atoms with E-state index < -0.39 is 0 Å². The van der Waals surface area contributed by atoms with Gasteiger partial charge in [-0.3, -0.25) is 0 Å². The molecule has 3 nitrogen and oxygen atoms in total. The third-order valence-electron chi connectivity index (χ3n) is 3.34. The summed E-state index contributed by atoms with van der Waals surface area (Å²) >= 11 is 0. The van der Waals surface area contributed by atoms with Crippen molar-refractivity contribution in [3.63, 3.8) is 0 Å². The summed E-state index contributed by atoms with van der Waals surface area (Å²) in [5.74, 6) is 0.948. The van der Waals surface area contributed by atoms with Gasteiger partial charge in [-0.25, -0.2) is 4.98 Å². The second-order valence-corrected chi connectivity index (χ2v) is 4.65. The summed E-state index contributed by atoms with van der Waals surface area (Å²) in [4.78, 5) is 4.57. The highest BCUT2D eigenvalue weighted by Gasteiger charge is 2.18. The van der Waals surface area contributed by atoms with Crippen LogP contribution in [0.2, 0.25) is 0 Å². The van der Waals surface area contributed by atoms with Crippen LogP contribution in [0.5, 0.6) is 0 Å². The Morgan fingerprint density at radius 2 is 1.95 bits per heavy atom. The second kappa shape index (κ2) is 4.76. The predicted molar refractivity (Wildman–Crippen MR) is 77.0 cm³/mol. The topological polar surface area (TPSA) is 52.0 Å². The highest BCUT2D eigenvalue weighted by Crippen LogP contribution is 2.30. The molecule has 0 bridgehead atoms. The van der Waals surface area contributed by atoms with Crippen molar-refractivity contribution in [2.45, 2.75) is 19.3 Å². The van der Waals surface area contributed by atoms with Gasteiger partial charge in [0.05, 0.1) is 5.92 Å². The normalized spacial score (nSPS) is 12.7. The number of hydrogen-bond acceptors (Lipinski definition) is 3. The van der Waals surface area contributed by atoms with E-state index in [1.807, 2.05) is 36.4 Å². The van der Waals surface area contributed by atoms with Crippen molar-refractivity contribution in [1.82, 2.24) is 4.98 Å². The van der Waals surface area contributed by atoms with Crippen LogP contribution in [0, 0.1) is 0 Å². The van der Waals surface area contributed by atoms with Crippen molar-refractivity contribution in [2.24, 2.45) is 0 Å². The summed E-state index contributed by atoms with van der Waals surface area (Å²) in [5, 5.41) is 0. The van der Waals surface area contributed by atoms with Crippen LogP contribution in [0.25, 0.3) is 11.1 Å². The smallest absolute Gasteiger partial charge is 0.203 e. The minimum absolute atomic E-state index is 0.190. The Morgan fingerprint density at radius 1 is 1.16 bits per heavy atom. The van der Waals surface area contributed by atoms with Crippen molar-refractivity contribution >= 4 is 16.8 Å². The van der Waals surface area contributed by atoms with E-state index in [1.54, 1.807) is 0 Å². The Hall–Kier alpha value is -2.29. The molecule has 0 amide bonds. The lowest BCUT2D eigenvalue weighted by Crippen LogP contribution is -1.99. The molecular formula is C16H16N2O. The van der Waals surface area contributed by atoms with Gasteiger partial charge in [-0.2, -0.15) is 0 Å². The number of benzene rings is 2. The summed E-state index contributed by atoms with van der Waals surface area (Å²) in [6, 6.07) is 15.9. The molecule has 1 unspecified atom stereocenters. The minimum atomic E-state index is 0.190. The van der Waals surface area contributed by atoms with E-state index in [0.717, 1.165) is 23.4 Å². The SMILES string of the molecule is CCC(c1ccccc1)c1nc2cc(N)ccc2o1. The molecule has 0 spiro atoms. The first-order chi connectivity index (χ1) is 9.28. The van der Waals surface area contributed by atoms with Gasteiger partial charge in [0.25, 0.3) is 0 Å². The summed E-state index contributed by atoms with van der Waals surface area (Å²) in [6.07, 6.45) is 0.951. The maximum absolute atomic E-state index is 5.86. The monoisotopic (exact) mass is 252 g/mol. The van der Waals surface area contributed by atoms with Gasteiger partial charge in [0.1, 0.15) is 5.52 Å². The molecule has 1 heterocycles. The maximum atomic E-state index is 5.86. The van der Waals surface area contributed by atoms with E-state index in [-0.39, 0.29) is 5.92 Å². The van der Waals surface area contributed by atoms with Gasteiger partial charge in [-0.15, -0.1) is 0 Å². The molecule has 3 heteroatoms. The molecule has 0 aliphatic rings. The van der Waals surface area contributed by atoms with E-state index in [9.17, 15) is 0 Å². The Kier molecular flexibility index (Phi) is 2.95. The first-order valence-electron chi connectivity index (χ1n) is 6.49. The van der Waals surface area contributed by atoms with Gasteiger partial charge in [-0.05, 0) is 30.2 Å². The number of fused-ring (bicyclic) bond motifs is 1. The second-order valence-electron chi connectivity index (χ2n) is 4.65. The van der Waals surface area contributed by atoms with E-state index in [2.05, 4.69) is 24.0 Å². The summed E-state index contributed by atoms with van der Waals surface area (Å²) in [6.45, 7) is 2.14. The van der Waals surface area contributed by atoms with E-state index >= 15 is 0 Å². The fourth-order valence-corrected chi connectivity index (χ4v) is 2.35. The number of aromatic nitrogens is 1. The number of rotatable bonds is 3. The standard InChI is InChI=1S/C16H16N2O/c1-2-13(11-6-4-3-5-7-11)16-18-14-10-12(17)8-9-15(14)19-16/h3-10,13H,2,17H2,1H3. The maximum Gasteiger partial charge on any atom is 0.203 e. The van der Waals surface area contributed by atoms with Gasteiger partial charge >= 0.3 is 0 Å². The van der Waals surface area contributed by atoms with Crippen LogP contribution in [0.1, 0.15) is 30.7 Å². The number of hydrogen-bond donors (Lipinski definition) is 1. The van der Waals surface area contributed by atoms with Crippen LogP contribution < -0.4 is 5.73 Å². The number of nitrogens with two attached hydrogens (primary N) is 1. The highest BCUT2D eigenvalue weighted by atomic mass is 16.3. The Labute approximate surface area is 112 Å². The molecule has 0 saturated carbocycles. The summed E-state index contributed by atoms with van der Waals surface area (Å²) in [7, 11) is 0. The average molecular weight is 252 g/mol. The quantitative estimate of drug-likeness (QED) is 0.718. The van der Waals surface area contributed by atoms with Gasteiger partial charge in [-0.1, -0.05) is 37.3 Å². The van der Waals surface area contributed by atoms with E-state index in [1.165, 1.54) is 5.56 Å². The molecule has 0 radical (unpaired) electrons. The van der Waals surface area contributed by atoms with Gasteiger partial charge in [0.2, 0.25) is 5.89 Å². The van der Waals surface area contributed by atoms with Gasteiger partial charge in [0.15, 0.2) is 5.58 Å². The molecule has 1 aromatic heterocycles. The first kappa shape index (κ1) is 11.8. The lowest BCUT2D eigenvalue weighted by molar-refractivity contribution is 0.493. The third-order valence-corrected chi connectivity index (χ3v) is 3.34. The van der Waals surface area contributed by atoms with Crippen LogP contribution in [-0.4, -0.2) is 4.98 Å². The molecule has 0 fully saturated rings. The zero-order valence-corrected chi connectivity index (χ0v) is 10.8. The molecule has 3 rings (SSSR count). The summed E-state index contributed by atoms with van der Waals surface area (Å²) < 4.78 is 5.86. The van der Waals surface area contributed by atoms with Crippen molar-refractivity contribution in [1.29, 1.82) is 0 Å². The molecule has 0 aliphatic heterocycles. The van der Waals surface area contributed by atoms with E-state index in [4.69, 9.17) is 10.2 Å².